The van der Waals surface area contributed by atoms with Gasteiger partial charge in [0.1, 0.15) is 0 Å². The lowest BCUT2D eigenvalue weighted by Crippen LogP contribution is -2.32. The van der Waals surface area contributed by atoms with Gasteiger partial charge in [0.15, 0.2) is 0 Å². The van der Waals surface area contributed by atoms with Crippen LogP contribution in [-0.2, 0) is 15.0 Å². The summed E-state index contributed by atoms with van der Waals surface area (Å²) in [6.45, 7) is 8.19. The van der Waals surface area contributed by atoms with E-state index in [1.165, 1.54) is 16.7 Å². The first kappa shape index (κ1) is 17.1. The highest BCUT2D eigenvalue weighted by molar-refractivity contribution is 8.00. The minimum atomic E-state index is -0.377. The average molecular weight is 315 g/mol. The Morgan fingerprint density at radius 3 is 2.09 bits per heavy atom. The number of anilines is 1. The molecule has 1 heterocycles. The molecule has 0 aliphatic carbocycles. The third-order valence-electron chi connectivity index (χ3n) is 4.85. The lowest BCUT2D eigenvalue weighted by molar-refractivity contribution is -0.121. The Labute approximate surface area is 138 Å². The largest absolute Gasteiger partial charge is 0.274 e. The number of hydrogen-bond donors (Lipinski definition) is 0. The summed E-state index contributed by atoms with van der Waals surface area (Å²) in [6, 6.07) is 7.58. The highest BCUT2D eigenvalue weighted by Crippen LogP contribution is 2.44. The molecule has 0 aromatic heterocycles. The van der Waals surface area contributed by atoms with Crippen molar-refractivity contribution in [3.8, 4) is 0 Å². The number of amides is 2. The summed E-state index contributed by atoms with van der Waals surface area (Å²) >= 11 is 1.42. The van der Waals surface area contributed by atoms with E-state index in [0.717, 1.165) is 5.56 Å². The average Bonchev–Trinajstić information content (AvgIpc) is 2.72. The first-order valence-electron chi connectivity index (χ1n) is 7.38. The summed E-state index contributed by atoms with van der Waals surface area (Å²) in [6.07, 6.45) is 2.14. The van der Waals surface area contributed by atoms with E-state index in [1.54, 1.807) is 0 Å². The normalized spacial score (nSPS) is 19.9. The third kappa shape index (κ3) is 2.83. The maximum absolute atomic E-state index is 12.3. The Hall–Kier alpha value is -1.23. The first-order valence-corrected chi connectivity index (χ1v) is 8.67. The standard InChI is InChI=1S/C17H22BNO2S/c1-16(2,17(3,4)18)11-6-8-12(9-7-11)19-14(20)10-13(22-5)15(19)21/h6-9,13H,10H2,1-5H3. The summed E-state index contributed by atoms with van der Waals surface area (Å²) in [7, 11) is 6.26. The number of carbonyl (C=O) groups is 2. The zero-order valence-electron chi connectivity index (χ0n) is 13.8. The van der Waals surface area contributed by atoms with Crippen molar-refractivity contribution in [1.82, 2.24) is 0 Å². The van der Waals surface area contributed by atoms with Crippen LogP contribution in [0.4, 0.5) is 5.69 Å². The second-order valence-corrected chi connectivity index (χ2v) is 7.93. The SMILES string of the molecule is [B]C(C)(C)C(C)(C)c1ccc(N2C(=O)CC(SC)C2=O)cc1. The van der Waals surface area contributed by atoms with Gasteiger partial charge in [0.25, 0.3) is 0 Å². The molecule has 1 aliphatic rings. The van der Waals surface area contributed by atoms with Gasteiger partial charge in [-0.1, -0.05) is 45.1 Å². The Morgan fingerprint density at radius 2 is 1.68 bits per heavy atom. The van der Waals surface area contributed by atoms with E-state index in [0.29, 0.717) is 5.69 Å². The molecule has 1 saturated heterocycles. The molecule has 1 aromatic rings. The van der Waals surface area contributed by atoms with Crippen LogP contribution in [0, 0.1) is 0 Å². The quantitative estimate of drug-likeness (QED) is 0.632. The smallest absolute Gasteiger partial charge is 0.247 e. The Morgan fingerprint density at radius 1 is 1.14 bits per heavy atom. The number of imide groups is 1. The fourth-order valence-electron chi connectivity index (χ4n) is 2.46. The van der Waals surface area contributed by atoms with Gasteiger partial charge in [-0.25, -0.2) is 4.90 Å². The topological polar surface area (TPSA) is 37.4 Å². The number of thioether (sulfide) groups is 1. The van der Waals surface area contributed by atoms with Gasteiger partial charge in [-0.3, -0.25) is 9.59 Å². The van der Waals surface area contributed by atoms with Crippen LogP contribution in [0.2, 0.25) is 5.31 Å². The van der Waals surface area contributed by atoms with Crippen molar-refractivity contribution in [3.63, 3.8) is 0 Å². The van der Waals surface area contributed by atoms with Crippen LogP contribution in [0.25, 0.3) is 0 Å². The van der Waals surface area contributed by atoms with Crippen molar-refractivity contribution in [3.05, 3.63) is 29.8 Å². The summed E-state index contributed by atoms with van der Waals surface area (Å²) in [4.78, 5) is 25.6. The maximum Gasteiger partial charge on any atom is 0.247 e. The molecule has 1 aliphatic heterocycles. The van der Waals surface area contributed by atoms with Gasteiger partial charge in [0, 0.05) is 6.42 Å². The van der Waals surface area contributed by atoms with Gasteiger partial charge < -0.3 is 0 Å². The number of benzene rings is 1. The molecule has 116 valence electrons. The van der Waals surface area contributed by atoms with Gasteiger partial charge in [-0.15, -0.1) is 0 Å². The van der Waals surface area contributed by atoms with Crippen LogP contribution >= 0.6 is 11.8 Å². The molecule has 2 radical (unpaired) electrons. The van der Waals surface area contributed by atoms with E-state index in [9.17, 15) is 9.59 Å². The molecule has 0 bridgehead atoms. The van der Waals surface area contributed by atoms with E-state index in [2.05, 4.69) is 13.8 Å². The van der Waals surface area contributed by atoms with E-state index in [-0.39, 0.29) is 34.2 Å². The fraction of sp³-hybridized carbons (Fsp3) is 0.529. The second kappa shape index (κ2) is 5.76. The molecular formula is C17H22BNO2S. The predicted octanol–water partition coefficient (Wildman–Crippen LogP) is 3.33. The van der Waals surface area contributed by atoms with Crippen LogP contribution in [0.15, 0.2) is 24.3 Å². The van der Waals surface area contributed by atoms with Crippen LogP contribution < -0.4 is 4.90 Å². The summed E-state index contributed by atoms with van der Waals surface area (Å²) < 4.78 is 0. The zero-order chi connectivity index (χ0) is 16.7. The van der Waals surface area contributed by atoms with Gasteiger partial charge in [-0.05, 0) is 29.4 Å². The molecule has 3 nitrogen and oxygen atoms in total. The zero-order valence-corrected chi connectivity index (χ0v) is 14.7. The van der Waals surface area contributed by atoms with Gasteiger partial charge in [-0.2, -0.15) is 11.8 Å². The lowest BCUT2D eigenvalue weighted by Gasteiger charge is -2.40. The highest BCUT2D eigenvalue weighted by atomic mass is 32.2. The van der Waals surface area contributed by atoms with Gasteiger partial charge in [0.2, 0.25) is 11.8 Å². The minimum absolute atomic E-state index is 0.122. The Balaban J connectivity index is 2.31. The number of rotatable bonds is 4. The molecule has 5 heteroatoms. The van der Waals surface area contributed by atoms with Crippen molar-refractivity contribution in [2.24, 2.45) is 0 Å². The van der Waals surface area contributed by atoms with Crippen LogP contribution in [0.5, 0.6) is 0 Å². The summed E-state index contributed by atoms with van der Waals surface area (Å²) in [5.41, 5.74) is 1.51. The van der Waals surface area contributed by atoms with Crippen molar-refractivity contribution >= 4 is 37.1 Å². The molecule has 0 saturated carbocycles. The predicted molar refractivity (Wildman–Crippen MR) is 93.7 cm³/mol. The molecule has 0 N–H and O–H groups in total. The van der Waals surface area contributed by atoms with Crippen molar-refractivity contribution in [2.75, 3.05) is 11.2 Å². The Bertz CT molecular complexity index is 590. The van der Waals surface area contributed by atoms with E-state index < -0.39 is 0 Å². The number of hydrogen-bond acceptors (Lipinski definition) is 3. The maximum atomic E-state index is 12.3. The fourth-order valence-corrected chi connectivity index (χ4v) is 3.07. The van der Waals surface area contributed by atoms with Gasteiger partial charge >= 0.3 is 0 Å². The summed E-state index contributed by atoms with van der Waals surface area (Å²) in [5, 5.41) is -0.635. The van der Waals surface area contributed by atoms with Crippen molar-refractivity contribution in [2.45, 2.75) is 50.1 Å². The molecule has 2 rings (SSSR count). The molecular weight excluding hydrogens is 293 g/mol. The molecule has 1 unspecified atom stereocenters. The van der Waals surface area contributed by atoms with E-state index >= 15 is 0 Å². The third-order valence-corrected chi connectivity index (χ3v) is 5.79. The molecule has 0 spiro atoms. The first-order chi connectivity index (χ1) is 10.1. The highest BCUT2D eigenvalue weighted by Gasteiger charge is 2.39. The molecule has 2 amide bonds. The van der Waals surface area contributed by atoms with Crippen molar-refractivity contribution < 1.29 is 9.59 Å². The minimum Gasteiger partial charge on any atom is -0.274 e. The number of nitrogens with zero attached hydrogens (tertiary/aromatic N) is 1. The Kier molecular flexibility index (Phi) is 4.49. The van der Waals surface area contributed by atoms with Crippen LogP contribution in [0.3, 0.4) is 0 Å². The molecule has 1 atom stereocenters. The van der Waals surface area contributed by atoms with Crippen LogP contribution in [0.1, 0.15) is 39.7 Å². The monoisotopic (exact) mass is 315 g/mol. The molecule has 1 fully saturated rings. The summed E-state index contributed by atoms with van der Waals surface area (Å²) in [5.74, 6) is -0.251. The van der Waals surface area contributed by atoms with E-state index in [4.69, 9.17) is 7.85 Å². The van der Waals surface area contributed by atoms with E-state index in [1.807, 2.05) is 44.4 Å². The second-order valence-electron chi connectivity index (χ2n) is 6.89. The number of carbonyl (C=O) groups excluding carboxylic acids is 2. The van der Waals surface area contributed by atoms with Crippen LogP contribution in [-0.4, -0.2) is 31.2 Å². The van der Waals surface area contributed by atoms with Gasteiger partial charge in [0.05, 0.1) is 18.8 Å². The lowest BCUT2D eigenvalue weighted by atomic mass is 9.54. The molecule has 22 heavy (non-hydrogen) atoms. The molecule has 1 aromatic carbocycles. The van der Waals surface area contributed by atoms with Crippen molar-refractivity contribution in [1.29, 1.82) is 0 Å².